The molecule has 1 aromatic heterocycles. The van der Waals surface area contributed by atoms with E-state index < -0.39 is 11.7 Å². The van der Waals surface area contributed by atoms with Crippen LogP contribution < -0.4 is 10.2 Å². The Balaban J connectivity index is 2.37. The van der Waals surface area contributed by atoms with Crippen LogP contribution in [0.25, 0.3) is 0 Å². The number of fused-ring (bicyclic) bond motifs is 1. The van der Waals surface area contributed by atoms with E-state index in [2.05, 4.69) is 26.2 Å². The SMILES string of the molecule is CC(C)(C)OC(=O)N1C(=O)CNc2ncc(Br)cc21. The largest absolute Gasteiger partial charge is 0.443 e. The Bertz CT molecular complexity index is 540. The second-order valence-electron chi connectivity index (χ2n) is 5.08. The summed E-state index contributed by atoms with van der Waals surface area (Å²) in [5.41, 5.74) is -0.276. The van der Waals surface area contributed by atoms with Crippen molar-refractivity contribution in [3.8, 4) is 0 Å². The number of aromatic nitrogens is 1. The molecular formula is C12H14BrN3O3. The van der Waals surface area contributed by atoms with Gasteiger partial charge in [-0.15, -0.1) is 0 Å². The first-order valence-electron chi connectivity index (χ1n) is 5.73. The lowest BCUT2D eigenvalue weighted by Gasteiger charge is -2.30. The van der Waals surface area contributed by atoms with E-state index in [1.807, 2.05) is 0 Å². The van der Waals surface area contributed by atoms with Crippen molar-refractivity contribution in [1.29, 1.82) is 0 Å². The number of carbonyl (C=O) groups is 2. The number of nitrogens with zero attached hydrogens (tertiary/aromatic N) is 2. The van der Waals surface area contributed by atoms with Crippen LogP contribution in [-0.2, 0) is 9.53 Å². The lowest BCUT2D eigenvalue weighted by molar-refractivity contribution is -0.116. The van der Waals surface area contributed by atoms with Gasteiger partial charge in [-0.1, -0.05) is 0 Å². The molecular weight excluding hydrogens is 314 g/mol. The van der Waals surface area contributed by atoms with E-state index in [4.69, 9.17) is 4.74 Å². The summed E-state index contributed by atoms with van der Waals surface area (Å²) in [5.74, 6) is 0.107. The summed E-state index contributed by atoms with van der Waals surface area (Å²) in [6.07, 6.45) is 0.898. The zero-order valence-electron chi connectivity index (χ0n) is 10.9. The highest BCUT2D eigenvalue weighted by atomic mass is 79.9. The Morgan fingerprint density at radius 1 is 1.53 bits per heavy atom. The number of ether oxygens (including phenoxy) is 1. The number of anilines is 2. The maximum atomic E-state index is 12.1. The molecule has 2 heterocycles. The van der Waals surface area contributed by atoms with Gasteiger partial charge in [0.05, 0.1) is 12.2 Å². The lowest BCUT2D eigenvalue weighted by Crippen LogP contribution is -2.46. The topological polar surface area (TPSA) is 71.5 Å². The van der Waals surface area contributed by atoms with Crippen molar-refractivity contribution >= 4 is 39.4 Å². The minimum atomic E-state index is -0.694. The third kappa shape index (κ3) is 3.04. The number of rotatable bonds is 0. The molecule has 0 saturated carbocycles. The molecule has 0 unspecified atom stereocenters. The molecule has 0 saturated heterocycles. The quantitative estimate of drug-likeness (QED) is 0.792. The predicted molar refractivity (Wildman–Crippen MR) is 74.1 cm³/mol. The smallest absolute Gasteiger partial charge is 0.421 e. The third-order valence-corrected chi connectivity index (χ3v) is 2.74. The van der Waals surface area contributed by atoms with Gasteiger partial charge in [0.15, 0.2) is 5.82 Å². The van der Waals surface area contributed by atoms with Crippen LogP contribution in [0.1, 0.15) is 20.8 Å². The molecule has 0 spiro atoms. The van der Waals surface area contributed by atoms with Crippen molar-refractivity contribution < 1.29 is 14.3 Å². The van der Waals surface area contributed by atoms with Gasteiger partial charge in [0.1, 0.15) is 5.60 Å². The molecule has 1 aliphatic rings. The van der Waals surface area contributed by atoms with Crippen LogP contribution in [0.3, 0.4) is 0 Å². The monoisotopic (exact) mass is 327 g/mol. The fourth-order valence-electron chi connectivity index (χ4n) is 1.62. The number of imide groups is 1. The molecule has 1 N–H and O–H groups in total. The number of amides is 2. The molecule has 7 heteroatoms. The van der Waals surface area contributed by atoms with Crippen LogP contribution in [0.4, 0.5) is 16.3 Å². The number of carbonyl (C=O) groups excluding carboxylic acids is 2. The van der Waals surface area contributed by atoms with Crippen molar-refractivity contribution in [3.63, 3.8) is 0 Å². The van der Waals surface area contributed by atoms with E-state index in [0.717, 1.165) is 4.90 Å². The van der Waals surface area contributed by atoms with Gasteiger partial charge in [-0.3, -0.25) is 4.79 Å². The van der Waals surface area contributed by atoms with Gasteiger partial charge in [-0.2, -0.15) is 0 Å². The molecule has 2 amide bonds. The molecule has 6 nitrogen and oxygen atoms in total. The summed E-state index contributed by atoms with van der Waals surface area (Å²) in [6, 6.07) is 1.65. The molecule has 102 valence electrons. The Kier molecular flexibility index (Phi) is 3.49. The maximum absolute atomic E-state index is 12.1. The second kappa shape index (κ2) is 4.80. The molecule has 2 rings (SSSR count). The lowest BCUT2D eigenvalue weighted by atomic mass is 10.2. The zero-order chi connectivity index (χ0) is 14.2. The number of halogens is 1. The van der Waals surface area contributed by atoms with Crippen molar-refractivity contribution in [3.05, 3.63) is 16.7 Å². The molecule has 0 aliphatic carbocycles. The zero-order valence-corrected chi connectivity index (χ0v) is 12.4. The fraction of sp³-hybridized carbons (Fsp3) is 0.417. The first-order chi connectivity index (χ1) is 8.78. The molecule has 1 aliphatic heterocycles. The number of hydrogen-bond donors (Lipinski definition) is 1. The van der Waals surface area contributed by atoms with Crippen LogP contribution in [0, 0.1) is 0 Å². The van der Waals surface area contributed by atoms with E-state index >= 15 is 0 Å². The van der Waals surface area contributed by atoms with E-state index in [0.29, 0.717) is 16.0 Å². The van der Waals surface area contributed by atoms with Crippen molar-refractivity contribution in [2.45, 2.75) is 26.4 Å². The van der Waals surface area contributed by atoms with Gasteiger partial charge in [0, 0.05) is 10.7 Å². The molecule has 0 bridgehead atoms. The number of pyridine rings is 1. The summed E-state index contributed by atoms with van der Waals surface area (Å²) < 4.78 is 5.92. The first kappa shape index (κ1) is 13.8. The Labute approximate surface area is 119 Å². The average molecular weight is 328 g/mol. The highest BCUT2D eigenvalue weighted by Gasteiger charge is 2.33. The van der Waals surface area contributed by atoms with Gasteiger partial charge in [-0.05, 0) is 42.8 Å². The summed E-state index contributed by atoms with van der Waals surface area (Å²) in [4.78, 5) is 29.2. The molecule has 19 heavy (non-hydrogen) atoms. The minimum absolute atomic E-state index is 0.0148. The maximum Gasteiger partial charge on any atom is 0.421 e. The van der Waals surface area contributed by atoms with E-state index in [-0.39, 0.29) is 12.5 Å². The second-order valence-corrected chi connectivity index (χ2v) is 6.00. The van der Waals surface area contributed by atoms with Gasteiger partial charge in [-0.25, -0.2) is 14.7 Å². The summed E-state index contributed by atoms with van der Waals surface area (Å²) in [5, 5.41) is 2.86. The first-order valence-corrected chi connectivity index (χ1v) is 6.52. The summed E-state index contributed by atoms with van der Waals surface area (Å²) in [7, 11) is 0. The fourth-order valence-corrected chi connectivity index (χ4v) is 1.93. The highest BCUT2D eigenvalue weighted by molar-refractivity contribution is 9.10. The predicted octanol–water partition coefficient (Wildman–Crippen LogP) is 2.54. The number of nitrogens with one attached hydrogen (secondary N) is 1. The van der Waals surface area contributed by atoms with E-state index in [1.54, 1.807) is 33.0 Å². The van der Waals surface area contributed by atoms with Crippen LogP contribution in [0.5, 0.6) is 0 Å². The summed E-state index contributed by atoms with van der Waals surface area (Å²) >= 11 is 3.27. The normalized spacial score (nSPS) is 14.7. The minimum Gasteiger partial charge on any atom is -0.443 e. The van der Waals surface area contributed by atoms with Crippen LogP contribution in [0.2, 0.25) is 0 Å². The van der Waals surface area contributed by atoms with Gasteiger partial charge in [0.2, 0.25) is 0 Å². The van der Waals surface area contributed by atoms with Crippen LogP contribution in [0.15, 0.2) is 16.7 Å². The molecule has 0 aromatic carbocycles. The number of hydrogen-bond acceptors (Lipinski definition) is 5. The van der Waals surface area contributed by atoms with Crippen molar-refractivity contribution in [2.75, 3.05) is 16.8 Å². The molecule has 0 radical (unpaired) electrons. The van der Waals surface area contributed by atoms with Crippen molar-refractivity contribution in [2.24, 2.45) is 0 Å². The summed E-state index contributed by atoms with van der Waals surface area (Å²) in [6.45, 7) is 5.26. The van der Waals surface area contributed by atoms with Crippen LogP contribution >= 0.6 is 15.9 Å². The van der Waals surface area contributed by atoms with Gasteiger partial charge in [0.25, 0.3) is 5.91 Å². The highest BCUT2D eigenvalue weighted by Crippen LogP contribution is 2.31. The Morgan fingerprint density at radius 2 is 2.21 bits per heavy atom. The molecule has 0 atom stereocenters. The van der Waals surface area contributed by atoms with Crippen LogP contribution in [-0.4, -0.2) is 29.1 Å². The standard InChI is InChI=1S/C12H14BrN3O3/c1-12(2,3)19-11(18)16-8-4-7(13)5-14-10(8)15-6-9(16)17/h4-5H,6H2,1-3H3,(H,14,15). The van der Waals surface area contributed by atoms with Gasteiger partial charge >= 0.3 is 6.09 Å². The molecule has 1 aromatic rings. The average Bonchev–Trinajstić information content (AvgIpc) is 2.25. The Hall–Kier alpha value is -1.63. The third-order valence-electron chi connectivity index (χ3n) is 2.31. The van der Waals surface area contributed by atoms with E-state index in [9.17, 15) is 9.59 Å². The Morgan fingerprint density at radius 3 is 2.84 bits per heavy atom. The van der Waals surface area contributed by atoms with E-state index in [1.165, 1.54) is 0 Å². The van der Waals surface area contributed by atoms with Crippen molar-refractivity contribution in [1.82, 2.24) is 4.98 Å². The van der Waals surface area contributed by atoms with Gasteiger partial charge < -0.3 is 10.1 Å². The molecule has 0 fully saturated rings.